The summed E-state index contributed by atoms with van der Waals surface area (Å²) < 4.78 is 0. The molecule has 0 fully saturated rings. The molecule has 0 amide bonds. The van der Waals surface area contributed by atoms with Crippen LogP contribution in [0.25, 0.3) is 21.9 Å². The van der Waals surface area contributed by atoms with Crippen molar-refractivity contribution in [3.8, 4) is 11.1 Å². The predicted octanol–water partition coefficient (Wildman–Crippen LogP) is 4.10. The van der Waals surface area contributed by atoms with E-state index in [1.54, 1.807) is 6.92 Å². The van der Waals surface area contributed by atoms with E-state index in [1.165, 1.54) is 0 Å². The van der Waals surface area contributed by atoms with Crippen molar-refractivity contribution in [1.29, 1.82) is 0 Å². The maximum atomic E-state index is 11.5. The van der Waals surface area contributed by atoms with Crippen LogP contribution in [-0.2, 0) is 0 Å². The number of ketones is 1. The zero-order chi connectivity index (χ0) is 13.2. The number of fused-ring (bicyclic) bond motifs is 1. The molecule has 0 aliphatic heterocycles. The fourth-order valence-corrected chi connectivity index (χ4v) is 2.25. The highest BCUT2D eigenvalue weighted by atomic mass is 16.1. The fraction of sp³-hybridized carbons (Fsp3) is 0.0588. The van der Waals surface area contributed by atoms with Crippen LogP contribution in [0.15, 0.2) is 60.9 Å². The topological polar surface area (TPSA) is 30.0 Å². The van der Waals surface area contributed by atoms with E-state index in [9.17, 15) is 4.79 Å². The summed E-state index contributed by atoms with van der Waals surface area (Å²) in [6.45, 7) is 1.58. The predicted molar refractivity (Wildman–Crippen MR) is 77.2 cm³/mol. The van der Waals surface area contributed by atoms with Crippen LogP contribution in [0.1, 0.15) is 17.3 Å². The number of hydrogen-bond donors (Lipinski definition) is 0. The molecule has 0 spiro atoms. The number of benzene rings is 2. The third-order valence-corrected chi connectivity index (χ3v) is 3.25. The van der Waals surface area contributed by atoms with E-state index in [4.69, 9.17) is 0 Å². The first-order valence-electron chi connectivity index (χ1n) is 6.20. The highest BCUT2D eigenvalue weighted by molar-refractivity contribution is 5.99. The Kier molecular flexibility index (Phi) is 2.84. The Balaban J connectivity index is 2.24. The number of hydrogen-bond acceptors (Lipinski definition) is 2. The number of nitrogens with zero attached hydrogens (tertiary/aromatic N) is 1. The minimum absolute atomic E-state index is 0.0787. The van der Waals surface area contributed by atoms with Crippen molar-refractivity contribution >= 4 is 16.6 Å². The van der Waals surface area contributed by atoms with E-state index in [0.717, 1.165) is 27.5 Å². The maximum absolute atomic E-state index is 11.5. The summed E-state index contributed by atoms with van der Waals surface area (Å²) in [6.07, 6.45) is 3.70. The maximum Gasteiger partial charge on any atom is 0.159 e. The lowest BCUT2D eigenvalue weighted by atomic mass is 9.98. The zero-order valence-corrected chi connectivity index (χ0v) is 10.6. The van der Waals surface area contributed by atoms with Gasteiger partial charge < -0.3 is 0 Å². The van der Waals surface area contributed by atoms with Gasteiger partial charge >= 0.3 is 0 Å². The Labute approximate surface area is 111 Å². The van der Waals surface area contributed by atoms with E-state index in [1.807, 2.05) is 54.9 Å². The van der Waals surface area contributed by atoms with Crippen molar-refractivity contribution in [1.82, 2.24) is 4.98 Å². The molecule has 2 nitrogen and oxygen atoms in total. The number of aromatic nitrogens is 1. The van der Waals surface area contributed by atoms with Gasteiger partial charge in [0.25, 0.3) is 0 Å². The van der Waals surface area contributed by atoms with Crippen molar-refractivity contribution in [2.45, 2.75) is 6.92 Å². The molecule has 3 rings (SSSR count). The average molecular weight is 247 g/mol. The first kappa shape index (κ1) is 11.6. The minimum atomic E-state index is 0.0787. The molecule has 0 aliphatic carbocycles. The SMILES string of the molecule is CC(=O)c1cccc(-c2cncc3ccccc23)c1. The van der Waals surface area contributed by atoms with Crippen molar-refractivity contribution < 1.29 is 4.79 Å². The van der Waals surface area contributed by atoms with Gasteiger partial charge in [-0.15, -0.1) is 0 Å². The van der Waals surface area contributed by atoms with E-state index in [0.29, 0.717) is 0 Å². The number of carbonyl (C=O) groups is 1. The molecule has 2 aromatic carbocycles. The Morgan fingerprint density at radius 1 is 1.00 bits per heavy atom. The second-order valence-corrected chi connectivity index (χ2v) is 4.55. The summed E-state index contributed by atoms with van der Waals surface area (Å²) in [5.41, 5.74) is 2.81. The van der Waals surface area contributed by atoms with Gasteiger partial charge in [0.2, 0.25) is 0 Å². The van der Waals surface area contributed by atoms with Crippen LogP contribution in [0.3, 0.4) is 0 Å². The second-order valence-electron chi connectivity index (χ2n) is 4.55. The lowest BCUT2D eigenvalue weighted by Gasteiger charge is -2.07. The van der Waals surface area contributed by atoms with Crippen LogP contribution in [0, 0.1) is 0 Å². The van der Waals surface area contributed by atoms with Gasteiger partial charge in [-0.25, -0.2) is 0 Å². The zero-order valence-electron chi connectivity index (χ0n) is 10.6. The van der Waals surface area contributed by atoms with Gasteiger partial charge in [0.1, 0.15) is 0 Å². The second kappa shape index (κ2) is 4.65. The Hall–Kier alpha value is -2.48. The van der Waals surface area contributed by atoms with Crippen molar-refractivity contribution in [3.63, 3.8) is 0 Å². The van der Waals surface area contributed by atoms with Crippen molar-refractivity contribution in [2.24, 2.45) is 0 Å². The van der Waals surface area contributed by atoms with Gasteiger partial charge in [-0.1, -0.05) is 42.5 Å². The smallest absolute Gasteiger partial charge is 0.159 e. The fourth-order valence-electron chi connectivity index (χ4n) is 2.25. The van der Waals surface area contributed by atoms with Gasteiger partial charge in [-0.2, -0.15) is 0 Å². The lowest BCUT2D eigenvalue weighted by Crippen LogP contribution is -1.92. The summed E-state index contributed by atoms with van der Waals surface area (Å²) in [6, 6.07) is 15.8. The molecule has 3 aromatic rings. The van der Waals surface area contributed by atoms with Crippen LogP contribution in [-0.4, -0.2) is 10.8 Å². The molecule has 2 heteroatoms. The molecule has 0 atom stereocenters. The molecule has 0 aliphatic rings. The summed E-state index contributed by atoms with van der Waals surface area (Å²) in [5.74, 6) is 0.0787. The summed E-state index contributed by atoms with van der Waals surface area (Å²) in [5, 5.41) is 2.26. The monoisotopic (exact) mass is 247 g/mol. The highest BCUT2D eigenvalue weighted by Gasteiger charge is 2.06. The summed E-state index contributed by atoms with van der Waals surface area (Å²) in [4.78, 5) is 15.8. The molecule has 19 heavy (non-hydrogen) atoms. The molecule has 0 unspecified atom stereocenters. The van der Waals surface area contributed by atoms with Gasteiger partial charge in [0, 0.05) is 28.9 Å². The van der Waals surface area contributed by atoms with Gasteiger partial charge in [0.15, 0.2) is 5.78 Å². The third-order valence-electron chi connectivity index (χ3n) is 3.25. The van der Waals surface area contributed by atoms with E-state index in [2.05, 4.69) is 11.1 Å². The van der Waals surface area contributed by atoms with Crippen LogP contribution in [0.4, 0.5) is 0 Å². The van der Waals surface area contributed by atoms with Crippen LogP contribution < -0.4 is 0 Å². The van der Waals surface area contributed by atoms with Crippen LogP contribution in [0.2, 0.25) is 0 Å². The largest absolute Gasteiger partial charge is 0.295 e. The van der Waals surface area contributed by atoms with E-state index in [-0.39, 0.29) is 5.78 Å². The number of Topliss-reactive ketones (excluding diaryl/α,β-unsaturated/α-hetero) is 1. The summed E-state index contributed by atoms with van der Waals surface area (Å²) >= 11 is 0. The van der Waals surface area contributed by atoms with E-state index < -0.39 is 0 Å². The Bertz CT molecular complexity index is 757. The van der Waals surface area contributed by atoms with Crippen LogP contribution >= 0.6 is 0 Å². The molecule has 0 radical (unpaired) electrons. The van der Waals surface area contributed by atoms with E-state index >= 15 is 0 Å². The van der Waals surface area contributed by atoms with Gasteiger partial charge in [-0.05, 0) is 23.9 Å². The average Bonchev–Trinajstić information content (AvgIpc) is 2.47. The Morgan fingerprint density at radius 2 is 1.84 bits per heavy atom. The molecule has 0 bridgehead atoms. The first-order chi connectivity index (χ1) is 9.25. The standard InChI is InChI=1S/C17H13NO/c1-12(19)13-6-4-7-14(9-13)17-11-18-10-15-5-2-3-8-16(15)17/h2-11H,1H3. The third kappa shape index (κ3) is 2.13. The molecule has 0 saturated heterocycles. The normalized spacial score (nSPS) is 10.6. The van der Waals surface area contributed by atoms with Gasteiger partial charge in [-0.3, -0.25) is 9.78 Å². The lowest BCUT2D eigenvalue weighted by molar-refractivity contribution is 0.101. The molecule has 0 N–H and O–H groups in total. The molecule has 1 heterocycles. The quantitative estimate of drug-likeness (QED) is 0.638. The van der Waals surface area contributed by atoms with Gasteiger partial charge in [0.05, 0.1) is 0 Å². The molecular weight excluding hydrogens is 234 g/mol. The molecule has 1 aromatic heterocycles. The minimum Gasteiger partial charge on any atom is -0.295 e. The first-order valence-corrected chi connectivity index (χ1v) is 6.20. The van der Waals surface area contributed by atoms with Crippen molar-refractivity contribution in [3.05, 3.63) is 66.5 Å². The summed E-state index contributed by atoms with van der Waals surface area (Å²) in [7, 11) is 0. The number of rotatable bonds is 2. The number of carbonyl (C=O) groups excluding carboxylic acids is 1. The molecule has 0 saturated carbocycles. The van der Waals surface area contributed by atoms with Crippen LogP contribution in [0.5, 0.6) is 0 Å². The number of pyridine rings is 1. The molecule has 92 valence electrons. The Morgan fingerprint density at radius 3 is 2.68 bits per heavy atom. The van der Waals surface area contributed by atoms with Crippen molar-refractivity contribution in [2.75, 3.05) is 0 Å². The highest BCUT2D eigenvalue weighted by Crippen LogP contribution is 2.28. The molecular formula is C17H13NO.